The minimum Gasteiger partial charge on any atom is -0.370 e. The van der Waals surface area contributed by atoms with E-state index in [0.717, 1.165) is 12.2 Å². The van der Waals surface area contributed by atoms with Crippen LogP contribution in [0.4, 0.5) is 5.69 Å². The predicted octanol–water partition coefficient (Wildman–Crippen LogP) is 3.26. The molecule has 0 aliphatic carbocycles. The number of halogens is 1. The summed E-state index contributed by atoms with van der Waals surface area (Å²) in [7, 11) is 0. The number of nitrogens with zero attached hydrogens (tertiary/aromatic N) is 1. The predicted molar refractivity (Wildman–Crippen MR) is 84.3 cm³/mol. The number of nitrogens with two attached hydrogens (primary N) is 1. The van der Waals surface area contributed by atoms with Gasteiger partial charge in [0.15, 0.2) is 5.96 Å². The molecule has 3 rings (SSSR count). The van der Waals surface area contributed by atoms with Crippen molar-refractivity contribution in [3.8, 4) is 0 Å². The van der Waals surface area contributed by atoms with Crippen LogP contribution in [0.2, 0.25) is 0 Å². The van der Waals surface area contributed by atoms with Crippen molar-refractivity contribution in [2.75, 3.05) is 11.4 Å². The lowest BCUT2D eigenvalue weighted by Crippen LogP contribution is -2.35. The zero-order valence-electron chi connectivity index (χ0n) is 10.1. The van der Waals surface area contributed by atoms with Gasteiger partial charge in [-0.3, -0.25) is 5.41 Å². The molecule has 1 heterocycles. The summed E-state index contributed by atoms with van der Waals surface area (Å²) in [4.78, 5) is 1.89. The number of rotatable bonds is 0. The molecule has 4 heteroatoms. The molecule has 2 aromatic rings. The van der Waals surface area contributed by atoms with E-state index >= 15 is 0 Å². The zero-order valence-corrected chi connectivity index (χ0v) is 12.2. The highest BCUT2D eigenvalue weighted by atomic mass is 127. The van der Waals surface area contributed by atoms with Crippen molar-refractivity contribution in [1.82, 2.24) is 0 Å². The number of fused-ring (bicyclic) bond motifs is 3. The smallest absolute Gasteiger partial charge is 0.192 e. The molecular formula is C14H14IN3. The Morgan fingerprint density at radius 1 is 1.33 bits per heavy atom. The molecule has 1 aliphatic heterocycles. The Labute approximate surface area is 120 Å². The largest absolute Gasteiger partial charge is 0.370 e. The molecule has 0 saturated heterocycles. The fourth-order valence-electron chi connectivity index (χ4n) is 2.78. The van der Waals surface area contributed by atoms with Crippen LogP contribution in [-0.4, -0.2) is 12.5 Å². The summed E-state index contributed by atoms with van der Waals surface area (Å²) in [5, 5.41) is 10.2. The molecule has 92 valence electrons. The van der Waals surface area contributed by atoms with Gasteiger partial charge in [-0.05, 0) is 51.1 Å². The van der Waals surface area contributed by atoms with Gasteiger partial charge in [0.2, 0.25) is 0 Å². The van der Waals surface area contributed by atoms with Crippen LogP contribution >= 0.6 is 22.6 Å². The molecule has 1 aliphatic rings. The molecular weight excluding hydrogens is 337 g/mol. The molecule has 3 N–H and O–H groups in total. The van der Waals surface area contributed by atoms with Gasteiger partial charge in [-0.2, -0.15) is 0 Å². The number of nitrogens with one attached hydrogen (secondary N) is 1. The summed E-state index contributed by atoms with van der Waals surface area (Å²) < 4.78 is 1.27. The van der Waals surface area contributed by atoms with E-state index in [-0.39, 0.29) is 5.96 Å². The fraction of sp³-hybridized carbons (Fsp3) is 0.214. The van der Waals surface area contributed by atoms with Gasteiger partial charge in [0.1, 0.15) is 0 Å². The molecule has 0 saturated carbocycles. The van der Waals surface area contributed by atoms with Gasteiger partial charge in [0, 0.05) is 21.7 Å². The van der Waals surface area contributed by atoms with Gasteiger partial charge in [0.25, 0.3) is 0 Å². The minimum atomic E-state index is 0.130. The van der Waals surface area contributed by atoms with E-state index in [1.54, 1.807) is 0 Å². The third-order valence-electron chi connectivity index (χ3n) is 3.56. The average Bonchev–Trinajstić information content (AvgIpc) is 2.68. The second-order valence-electron chi connectivity index (χ2n) is 4.73. The van der Waals surface area contributed by atoms with E-state index < -0.39 is 0 Å². The van der Waals surface area contributed by atoms with Crippen LogP contribution in [0.1, 0.15) is 18.4 Å². The van der Waals surface area contributed by atoms with Crippen LogP contribution in [0.5, 0.6) is 0 Å². The van der Waals surface area contributed by atoms with Gasteiger partial charge in [0.05, 0.1) is 0 Å². The molecule has 0 fully saturated rings. The number of hydrogen-bond acceptors (Lipinski definition) is 1. The number of hydrogen-bond donors (Lipinski definition) is 2. The van der Waals surface area contributed by atoms with E-state index in [9.17, 15) is 0 Å². The molecule has 1 unspecified atom stereocenters. The molecule has 2 aromatic carbocycles. The minimum absolute atomic E-state index is 0.130. The Balaban J connectivity index is 2.33. The van der Waals surface area contributed by atoms with E-state index in [4.69, 9.17) is 11.1 Å². The summed E-state index contributed by atoms with van der Waals surface area (Å²) in [6.07, 6.45) is 0. The van der Waals surface area contributed by atoms with Gasteiger partial charge >= 0.3 is 0 Å². The van der Waals surface area contributed by atoms with Crippen molar-refractivity contribution in [3.05, 3.63) is 39.5 Å². The first-order valence-corrected chi connectivity index (χ1v) is 7.00. The first-order chi connectivity index (χ1) is 8.59. The van der Waals surface area contributed by atoms with Gasteiger partial charge in [-0.15, -0.1) is 0 Å². The topological polar surface area (TPSA) is 53.1 Å². The summed E-state index contributed by atoms with van der Waals surface area (Å²) in [6.45, 7) is 3.00. The van der Waals surface area contributed by atoms with E-state index in [2.05, 4.69) is 59.8 Å². The third-order valence-corrected chi connectivity index (χ3v) is 4.50. The van der Waals surface area contributed by atoms with E-state index in [1.165, 1.54) is 19.9 Å². The normalized spacial score (nSPS) is 18.1. The van der Waals surface area contributed by atoms with Gasteiger partial charge < -0.3 is 10.6 Å². The van der Waals surface area contributed by atoms with Crippen LogP contribution in [-0.2, 0) is 0 Å². The monoisotopic (exact) mass is 351 g/mol. The molecule has 0 spiro atoms. The van der Waals surface area contributed by atoms with Crippen molar-refractivity contribution < 1.29 is 0 Å². The van der Waals surface area contributed by atoms with Crippen LogP contribution in [0.3, 0.4) is 0 Å². The Hall–Kier alpha value is -1.30. The maximum absolute atomic E-state index is 7.66. The summed E-state index contributed by atoms with van der Waals surface area (Å²) >= 11 is 2.37. The van der Waals surface area contributed by atoms with Crippen molar-refractivity contribution in [1.29, 1.82) is 5.41 Å². The highest BCUT2D eigenvalue weighted by Crippen LogP contribution is 2.41. The number of anilines is 1. The lowest BCUT2D eigenvalue weighted by atomic mass is 9.96. The first-order valence-electron chi connectivity index (χ1n) is 5.92. The van der Waals surface area contributed by atoms with Crippen LogP contribution < -0.4 is 10.6 Å². The average molecular weight is 351 g/mol. The van der Waals surface area contributed by atoms with E-state index in [1.807, 2.05) is 4.90 Å². The number of benzene rings is 2. The number of guanidine groups is 1. The van der Waals surface area contributed by atoms with Crippen molar-refractivity contribution in [3.63, 3.8) is 0 Å². The second-order valence-corrected chi connectivity index (χ2v) is 5.89. The lowest BCUT2D eigenvalue weighted by molar-refractivity contribution is 0.822. The van der Waals surface area contributed by atoms with Crippen molar-refractivity contribution in [2.45, 2.75) is 12.8 Å². The molecule has 0 radical (unpaired) electrons. The molecule has 3 nitrogen and oxygen atoms in total. The summed E-state index contributed by atoms with van der Waals surface area (Å²) in [5.41, 5.74) is 8.06. The Bertz CT molecular complexity index is 651. The maximum atomic E-state index is 7.66. The zero-order chi connectivity index (χ0) is 12.9. The molecule has 18 heavy (non-hydrogen) atoms. The van der Waals surface area contributed by atoms with Crippen molar-refractivity contribution >= 4 is 45.0 Å². The SMILES string of the molecule is CC1CN(C(=N)N)c2ccc3c(I)cccc3c21. The van der Waals surface area contributed by atoms with Crippen LogP contribution in [0.25, 0.3) is 10.8 Å². The van der Waals surface area contributed by atoms with Gasteiger partial charge in [-0.1, -0.05) is 25.1 Å². The Morgan fingerprint density at radius 3 is 2.83 bits per heavy atom. The lowest BCUT2D eigenvalue weighted by Gasteiger charge is -2.17. The van der Waals surface area contributed by atoms with Crippen molar-refractivity contribution in [2.24, 2.45) is 5.73 Å². The Morgan fingerprint density at radius 2 is 2.11 bits per heavy atom. The summed E-state index contributed by atoms with van der Waals surface area (Å²) in [5.74, 6) is 0.538. The van der Waals surface area contributed by atoms with Crippen LogP contribution in [0, 0.1) is 8.98 Å². The Kier molecular flexibility index (Phi) is 2.69. The van der Waals surface area contributed by atoms with E-state index in [0.29, 0.717) is 5.92 Å². The van der Waals surface area contributed by atoms with Gasteiger partial charge in [-0.25, -0.2) is 0 Å². The highest BCUT2D eigenvalue weighted by Gasteiger charge is 2.28. The summed E-state index contributed by atoms with van der Waals surface area (Å²) in [6, 6.07) is 10.6. The van der Waals surface area contributed by atoms with Crippen LogP contribution in [0.15, 0.2) is 30.3 Å². The molecule has 0 aromatic heterocycles. The molecule has 1 atom stereocenters. The first kappa shape index (κ1) is 11.8. The standard InChI is InChI=1S/C14H14IN3/c1-8-7-18(14(16)17)12-6-5-9-10(13(8)12)3-2-4-11(9)15/h2-6,8H,7H2,1H3,(H3,16,17). The molecule has 0 amide bonds. The highest BCUT2D eigenvalue weighted by molar-refractivity contribution is 14.1. The second kappa shape index (κ2) is 4.12. The maximum Gasteiger partial charge on any atom is 0.192 e. The third kappa shape index (κ3) is 1.59. The molecule has 0 bridgehead atoms. The fourth-order valence-corrected chi connectivity index (χ4v) is 3.45. The quantitative estimate of drug-likeness (QED) is 0.435.